The molecule has 0 unspecified atom stereocenters. The summed E-state index contributed by atoms with van der Waals surface area (Å²) < 4.78 is 0. The monoisotopic (exact) mass is 203 g/mol. The van der Waals surface area contributed by atoms with Crippen LogP contribution in [-0.4, -0.2) is 37.0 Å². The fraction of sp³-hybridized carbons (Fsp3) is 0.417. The Kier molecular flexibility index (Phi) is 2.90. The van der Waals surface area contributed by atoms with Crippen molar-refractivity contribution in [1.29, 1.82) is 0 Å². The van der Waals surface area contributed by atoms with Crippen molar-refractivity contribution in [2.75, 3.05) is 31.1 Å². The summed E-state index contributed by atoms with van der Waals surface area (Å²) >= 11 is 0. The highest BCUT2D eigenvalue weighted by Crippen LogP contribution is 2.15. The van der Waals surface area contributed by atoms with Crippen LogP contribution < -0.4 is 4.90 Å². The van der Waals surface area contributed by atoms with Gasteiger partial charge >= 0.3 is 0 Å². The van der Waals surface area contributed by atoms with Crippen molar-refractivity contribution in [3.05, 3.63) is 30.3 Å². The zero-order chi connectivity index (χ0) is 10.7. The Bertz CT molecular complexity index is 329. The van der Waals surface area contributed by atoms with Gasteiger partial charge < -0.3 is 9.80 Å². The maximum Gasteiger partial charge on any atom is 0.219 e. The molecule has 1 fully saturated rings. The first-order valence-corrected chi connectivity index (χ1v) is 5.24. The molecule has 1 aromatic carbocycles. The summed E-state index contributed by atoms with van der Waals surface area (Å²) in [6.07, 6.45) is 0. The van der Waals surface area contributed by atoms with E-state index in [0.29, 0.717) is 0 Å². The van der Waals surface area contributed by atoms with Crippen LogP contribution in [0.4, 0.5) is 5.69 Å². The quantitative estimate of drug-likeness (QED) is 0.683. The van der Waals surface area contributed by atoms with Gasteiger partial charge in [0.2, 0.25) is 5.91 Å². The van der Waals surface area contributed by atoms with Crippen LogP contribution in [0.2, 0.25) is 0 Å². The average Bonchev–Trinajstić information content (AvgIpc) is 2.30. The summed E-state index contributed by atoms with van der Waals surface area (Å²) in [6, 6.07) is 11.0. The predicted molar refractivity (Wildman–Crippen MR) is 59.7 cm³/mol. The number of amides is 1. The number of nitrogens with zero attached hydrogens (tertiary/aromatic N) is 2. The first-order chi connectivity index (χ1) is 7.27. The van der Waals surface area contributed by atoms with Gasteiger partial charge in [-0.2, -0.15) is 0 Å². The van der Waals surface area contributed by atoms with E-state index in [4.69, 9.17) is 0 Å². The van der Waals surface area contributed by atoms with Crippen LogP contribution in [0.25, 0.3) is 0 Å². The minimum absolute atomic E-state index is 0.177. The molecule has 1 heterocycles. The third-order valence-corrected chi connectivity index (χ3v) is 2.79. The lowest BCUT2D eigenvalue weighted by atomic mass is 10.2. The Balaban J connectivity index is 1.97. The molecule has 1 amide bonds. The molecule has 3 heteroatoms. The zero-order valence-electron chi connectivity index (χ0n) is 8.94. The van der Waals surface area contributed by atoms with Gasteiger partial charge in [-0.1, -0.05) is 12.1 Å². The zero-order valence-corrected chi connectivity index (χ0v) is 8.94. The second-order valence-electron chi connectivity index (χ2n) is 3.75. The molecule has 0 N–H and O–H groups in total. The molecule has 1 radical (unpaired) electrons. The van der Waals surface area contributed by atoms with Gasteiger partial charge in [-0.05, 0) is 18.2 Å². The molecule has 1 aromatic rings. The second-order valence-corrected chi connectivity index (χ2v) is 3.75. The summed E-state index contributed by atoms with van der Waals surface area (Å²) in [4.78, 5) is 15.3. The van der Waals surface area contributed by atoms with Crippen LogP contribution in [0.15, 0.2) is 24.3 Å². The van der Waals surface area contributed by atoms with E-state index in [1.165, 1.54) is 5.69 Å². The van der Waals surface area contributed by atoms with E-state index in [-0.39, 0.29) is 5.91 Å². The lowest BCUT2D eigenvalue weighted by molar-refractivity contribution is -0.129. The molecule has 0 aliphatic carbocycles. The summed E-state index contributed by atoms with van der Waals surface area (Å²) in [7, 11) is 0. The van der Waals surface area contributed by atoms with E-state index in [0.717, 1.165) is 26.2 Å². The van der Waals surface area contributed by atoms with Gasteiger partial charge in [-0.15, -0.1) is 0 Å². The fourth-order valence-electron chi connectivity index (χ4n) is 1.87. The molecule has 15 heavy (non-hydrogen) atoms. The number of piperazine rings is 1. The first-order valence-electron chi connectivity index (χ1n) is 5.24. The molecule has 0 atom stereocenters. The minimum Gasteiger partial charge on any atom is -0.368 e. The molecule has 0 spiro atoms. The first kappa shape index (κ1) is 10.0. The molecule has 2 rings (SSSR count). The fourth-order valence-corrected chi connectivity index (χ4v) is 1.87. The van der Waals surface area contributed by atoms with Crippen molar-refractivity contribution >= 4 is 11.6 Å². The number of carbonyl (C=O) groups is 1. The van der Waals surface area contributed by atoms with Gasteiger partial charge in [0.1, 0.15) is 0 Å². The molecule has 1 aliphatic rings. The standard InChI is InChI=1S/C12H15N2O/c1-11(15)13-7-9-14(10-8-13)12-5-3-2-4-6-12/h3-6H,7-10H2,1H3. The summed E-state index contributed by atoms with van der Waals surface area (Å²) in [5, 5.41) is 0. The Morgan fingerprint density at radius 3 is 2.33 bits per heavy atom. The Morgan fingerprint density at radius 2 is 1.80 bits per heavy atom. The van der Waals surface area contributed by atoms with Crippen molar-refractivity contribution in [3.8, 4) is 0 Å². The number of hydrogen-bond acceptors (Lipinski definition) is 2. The molecule has 1 saturated heterocycles. The highest BCUT2D eigenvalue weighted by atomic mass is 16.2. The lowest BCUT2D eigenvalue weighted by Gasteiger charge is -2.35. The number of anilines is 1. The van der Waals surface area contributed by atoms with Gasteiger partial charge in [-0.25, -0.2) is 0 Å². The molecular weight excluding hydrogens is 188 g/mol. The van der Waals surface area contributed by atoms with E-state index in [1.807, 2.05) is 17.0 Å². The molecule has 0 saturated carbocycles. The van der Waals surface area contributed by atoms with Gasteiger partial charge in [-0.3, -0.25) is 4.79 Å². The van der Waals surface area contributed by atoms with E-state index >= 15 is 0 Å². The largest absolute Gasteiger partial charge is 0.368 e. The van der Waals surface area contributed by atoms with Crippen molar-refractivity contribution in [2.24, 2.45) is 0 Å². The average molecular weight is 203 g/mol. The SMILES string of the molecule is CC(=O)N1CCN(c2cc[c]cc2)CC1. The van der Waals surface area contributed by atoms with Gasteiger partial charge in [0, 0.05) is 38.8 Å². The van der Waals surface area contributed by atoms with Crippen molar-refractivity contribution in [1.82, 2.24) is 4.90 Å². The normalized spacial score (nSPS) is 16.6. The summed E-state index contributed by atoms with van der Waals surface area (Å²) in [6.45, 7) is 5.13. The van der Waals surface area contributed by atoms with Crippen LogP contribution in [0.3, 0.4) is 0 Å². The predicted octanol–water partition coefficient (Wildman–Crippen LogP) is 1.16. The molecule has 0 bridgehead atoms. The molecular formula is C12H15N2O. The van der Waals surface area contributed by atoms with E-state index in [2.05, 4.69) is 23.1 Å². The Labute approximate surface area is 90.3 Å². The van der Waals surface area contributed by atoms with Gasteiger partial charge in [0.15, 0.2) is 0 Å². The number of benzene rings is 1. The topological polar surface area (TPSA) is 23.6 Å². The Hall–Kier alpha value is -1.51. The van der Waals surface area contributed by atoms with Crippen LogP contribution >= 0.6 is 0 Å². The minimum atomic E-state index is 0.177. The van der Waals surface area contributed by atoms with Gasteiger partial charge in [0.25, 0.3) is 0 Å². The van der Waals surface area contributed by atoms with Crippen molar-refractivity contribution < 1.29 is 4.79 Å². The molecule has 1 aliphatic heterocycles. The van der Waals surface area contributed by atoms with Gasteiger partial charge in [0.05, 0.1) is 0 Å². The van der Waals surface area contributed by atoms with E-state index < -0.39 is 0 Å². The second kappa shape index (κ2) is 4.34. The summed E-state index contributed by atoms with van der Waals surface area (Å²) in [5.74, 6) is 0.177. The Morgan fingerprint density at radius 1 is 1.20 bits per heavy atom. The number of carbonyl (C=O) groups excluding carboxylic acids is 1. The van der Waals surface area contributed by atoms with Crippen LogP contribution in [-0.2, 0) is 4.79 Å². The van der Waals surface area contributed by atoms with Crippen LogP contribution in [0, 0.1) is 6.07 Å². The maximum absolute atomic E-state index is 11.1. The third kappa shape index (κ3) is 2.29. The highest BCUT2D eigenvalue weighted by molar-refractivity contribution is 5.73. The molecule has 0 aromatic heterocycles. The third-order valence-electron chi connectivity index (χ3n) is 2.79. The maximum atomic E-state index is 11.1. The van der Waals surface area contributed by atoms with Crippen LogP contribution in [0.5, 0.6) is 0 Å². The smallest absolute Gasteiger partial charge is 0.219 e. The molecule has 3 nitrogen and oxygen atoms in total. The van der Waals surface area contributed by atoms with E-state index in [9.17, 15) is 4.79 Å². The van der Waals surface area contributed by atoms with Crippen molar-refractivity contribution in [3.63, 3.8) is 0 Å². The molecule has 79 valence electrons. The highest BCUT2D eigenvalue weighted by Gasteiger charge is 2.18. The summed E-state index contributed by atoms with van der Waals surface area (Å²) in [5.41, 5.74) is 1.22. The number of hydrogen-bond donors (Lipinski definition) is 0. The number of rotatable bonds is 1. The van der Waals surface area contributed by atoms with Crippen LogP contribution in [0.1, 0.15) is 6.92 Å². The lowest BCUT2D eigenvalue weighted by Crippen LogP contribution is -2.48. The van der Waals surface area contributed by atoms with E-state index in [1.54, 1.807) is 6.92 Å². The van der Waals surface area contributed by atoms with Crippen molar-refractivity contribution in [2.45, 2.75) is 6.92 Å².